The van der Waals surface area contributed by atoms with Crippen molar-refractivity contribution in [1.82, 2.24) is 18.8 Å². The maximum Gasteiger partial charge on any atom is 0.298 e. The summed E-state index contributed by atoms with van der Waals surface area (Å²) in [6.07, 6.45) is 5.57. The maximum absolute atomic E-state index is 12.0. The lowest BCUT2D eigenvalue weighted by Crippen LogP contribution is -1.86. The fourth-order valence-electron chi connectivity index (χ4n) is 2.26. The normalized spacial score (nSPS) is 11.4. The number of hydrogen-bond donors (Lipinski definition) is 0. The molecule has 91 valence electrons. The van der Waals surface area contributed by atoms with Gasteiger partial charge in [-0.15, -0.1) is 0 Å². The number of aromatic nitrogens is 4. The third-order valence-electron chi connectivity index (χ3n) is 3.10. The monoisotopic (exact) mass is 249 g/mol. The molecule has 5 heteroatoms. The molecular weight excluding hydrogens is 240 g/mol. The van der Waals surface area contributed by atoms with E-state index in [0.29, 0.717) is 17.0 Å². The highest BCUT2D eigenvalue weighted by atomic mass is 16.3. The first kappa shape index (κ1) is 10.1. The standard InChI is InChI=1S/C14H9N4O/c19-14-13(18-8-4-2-6-12(18)16-14)10-9-17-7-3-1-5-11(17)15-10/h1-9H. The van der Waals surface area contributed by atoms with Crippen LogP contribution in [0.4, 0.5) is 0 Å². The maximum atomic E-state index is 12.0. The molecule has 1 radical (unpaired) electrons. The zero-order chi connectivity index (χ0) is 12.8. The summed E-state index contributed by atoms with van der Waals surface area (Å²) in [6.45, 7) is 0. The van der Waals surface area contributed by atoms with Crippen LogP contribution in [0.3, 0.4) is 0 Å². The molecular formula is C14H9N4O. The van der Waals surface area contributed by atoms with E-state index >= 15 is 0 Å². The number of fused-ring (bicyclic) bond motifs is 2. The van der Waals surface area contributed by atoms with E-state index in [1.165, 1.54) is 0 Å². The zero-order valence-electron chi connectivity index (χ0n) is 9.89. The summed E-state index contributed by atoms with van der Waals surface area (Å²) in [6, 6.07) is 11.3. The summed E-state index contributed by atoms with van der Waals surface area (Å²) in [4.78, 5) is 8.49. The molecule has 0 bridgehead atoms. The van der Waals surface area contributed by atoms with E-state index < -0.39 is 0 Å². The Morgan fingerprint density at radius 2 is 1.68 bits per heavy atom. The van der Waals surface area contributed by atoms with Crippen LogP contribution in [0.2, 0.25) is 0 Å². The van der Waals surface area contributed by atoms with Crippen molar-refractivity contribution in [2.24, 2.45) is 0 Å². The van der Waals surface area contributed by atoms with Gasteiger partial charge in [-0.25, -0.2) is 4.98 Å². The van der Waals surface area contributed by atoms with Crippen LogP contribution in [0.15, 0.2) is 55.0 Å². The zero-order valence-corrected chi connectivity index (χ0v) is 9.89. The van der Waals surface area contributed by atoms with E-state index in [1.54, 1.807) is 10.5 Å². The van der Waals surface area contributed by atoms with Gasteiger partial charge in [0.25, 0.3) is 5.88 Å². The van der Waals surface area contributed by atoms with Gasteiger partial charge in [-0.2, -0.15) is 4.98 Å². The molecule has 0 aliphatic carbocycles. The molecule has 0 aromatic carbocycles. The van der Waals surface area contributed by atoms with Crippen molar-refractivity contribution >= 4 is 11.3 Å². The molecule has 0 saturated heterocycles. The Labute approximate surface area is 108 Å². The van der Waals surface area contributed by atoms with Crippen molar-refractivity contribution in [2.75, 3.05) is 0 Å². The molecule has 0 amide bonds. The van der Waals surface area contributed by atoms with Gasteiger partial charge in [0, 0.05) is 18.6 Å². The first-order chi connectivity index (χ1) is 9.33. The van der Waals surface area contributed by atoms with Gasteiger partial charge >= 0.3 is 0 Å². The highest BCUT2D eigenvalue weighted by Crippen LogP contribution is 2.29. The van der Waals surface area contributed by atoms with Gasteiger partial charge < -0.3 is 4.40 Å². The Kier molecular flexibility index (Phi) is 1.91. The summed E-state index contributed by atoms with van der Waals surface area (Å²) in [5.74, 6) is -0.255. The molecule has 19 heavy (non-hydrogen) atoms. The lowest BCUT2D eigenvalue weighted by atomic mass is 10.3. The number of rotatable bonds is 1. The fraction of sp³-hybridized carbons (Fsp3) is 0. The van der Waals surface area contributed by atoms with Crippen LogP contribution < -0.4 is 0 Å². The number of imidazole rings is 2. The second kappa shape index (κ2) is 3.58. The molecule has 0 saturated carbocycles. The predicted molar refractivity (Wildman–Crippen MR) is 69.5 cm³/mol. The minimum Gasteiger partial charge on any atom is -0.306 e. The highest BCUT2D eigenvalue weighted by molar-refractivity contribution is 5.68. The molecule has 0 aliphatic rings. The van der Waals surface area contributed by atoms with E-state index in [4.69, 9.17) is 0 Å². The molecule has 4 heterocycles. The molecule has 0 unspecified atom stereocenters. The number of hydrogen-bond acceptors (Lipinski definition) is 2. The smallest absolute Gasteiger partial charge is 0.298 e. The van der Waals surface area contributed by atoms with Crippen molar-refractivity contribution < 1.29 is 5.11 Å². The summed E-state index contributed by atoms with van der Waals surface area (Å²) in [5, 5.41) is 12.0. The van der Waals surface area contributed by atoms with Crippen molar-refractivity contribution in [3.05, 3.63) is 55.0 Å². The second-order valence-corrected chi connectivity index (χ2v) is 4.29. The Morgan fingerprint density at radius 3 is 2.53 bits per heavy atom. The van der Waals surface area contributed by atoms with Gasteiger partial charge in [-0.1, -0.05) is 12.1 Å². The average Bonchev–Trinajstić information content (AvgIpc) is 2.97. The molecule has 0 aliphatic heterocycles. The summed E-state index contributed by atoms with van der Waals surface area (Å²) < 4.78 is 3.65. The van der Waals surface area contributed by atoms with Crippen LogP contribution in [0.1, 0.15) is 0 Å². The Hall–Kier alpha value is -2.82. The average molecular weight is 249 g/mol. The van der Waals surface area contributed by atoms with Gasteiger partial charge in [0.1, 0.15) is 22.7 Å². The predicted octanol–water partition coefficient (Wildman–Crippen LogP) is 2.79. The van der Waals surface area contributed by atoms with Crippen LogP contribution in [-0.4, -0.2) is 18.8 Å². The lowest BCUT2D eigenvalue weighted by Gasteiger charge is -1.96. The third kappa shape index (κ3) is 1.41. The van der Waals surface area contributed by atoms with Crippen molar-refractivity contribution in [1.29, 1.82) is 0 Å². The van der Waals surface area contributed by atoms with Crippen LogP contribution in [0.5, 0.6) is 5.88 Å². The van der Waals surface area contributed by atoms with E-state index in [9.17, 15) is 5.11 Å². The highest BCUT2D eigenvalue weighted by Gasteiger charge is 2.17. The van der Waals surface area contributed by atoms with Gasteiger partial charge in [-0.05, 0) is 24.3 Å². The third-order valence-corrected chi connectivity index (χ3v) is 3.10. The van der Waals surface area contributed by atoms with Crippen LogP contribution >= 0.6 is 0 Å². The molecule has 4 rings (SSSR count). The summed E-state index contributed by atoms with van der Waals surface area (Å²) >= 11 is 0. The van der Waals surface area contributed by atoms with E-state index in [0.717, 1.165) is 5.65 Å². The molecule has 4 aromatic heterocycles. The Morgan fingerprint density at radius 1 is 0.895 bits per heavy atom. The van der Waals surface area contributed by atoms with E-state index in [2.05, 4.69) is 9.97 Å². The van der Waals surface area contributed by atoms with E-state index in [1.807, 2.05) is 53.3 Å². The fourth-order valence-corrected chi connectivity index (χ4v) is 2.26. The topological polar surface area (TPSA) is 54.5 Å². The molecule has 5 nitrogen and oxygen atoms in total. The first-order valence-electron chi connectivity index (χ1n) is 5.91. The van der Waals surface area contributed by atoms with Gasteiger partial charge in [0.05, 0.1) is 0 Å². The second-order valence-electron chi connectivity index (χ2n) is 4.29. The van der Waals surface area contributed by atoms with Crippen LogP contribution in [-0.2, 0) is 5.11 Å². The SMILES string of the molecule is [O]c1nc2ccccn2c1-c1cn2ccccc2n1. The van der Waals surface area contributed by atoms with Crippen molar-refractivity contribution in [3.63, 3.8) is 0 Å². The minimum atomic E-state index is -0.255. The summed E-state index contributed by atoms with van der Waals surface area (Å²) in [5.41, 5.74) is 2.58. The Bertz CT molecular complexity index is 858. The van der Waals surface area contributed by atoms with E-state index in [-0.39, 0.29) is 5.88 Å². The van der Waals surface area contributed by atoms with Gasteiger partial charge in [0.2, 0.25) is 0 Å². The summed E-state index contributed by atoms with van der Waals surface area (Å²) in [7, 11) is 0. The number of pyridine rings is 2. The minimum absolute atomic E-state index is 0.255. The molecule has 4 aromatic rings. The Balaban J connectivity index is 2.06. The quantitative estimate of drug-likeness (QED) is 0.521. The number of nitrogens with zero attached hydrogens (tertiary/aromatic N) is 4. The molecule has 0 N–H and O–H groups in total. The van der Waals surface area contributed by atoms with Crippen LogP contribution in [0.25, 0.3) is 22.7 Å². The van der Waals surface area contributed by atoms with Crippen molar-refractivity contribution in [2.45, 2.75) is 0 Å². The van der Waals surface area contributed by atoms with Crippen molar-refractivity contribution in [3.8, 4) is 17.3 Å². The van der Waals surface area contributed by atoms with Gasteiger partial charge in [0.15, 0.2) is 0 Å². The van der Waals surface area contributed by atoms with Crippen LogP contribution in [0, 0.1) is 0 Å². The largest absolute Gasteiger partial charge is 0.306 e. The first-order valence-corrected chi connectivity index (χ1v) is 5.91. The lowest BCUT2D eigenvalue weighted by molar-refractivity contribution is 0.342. The molecule has 0 fully saturated rings. The molecule has 0 atom stereocenters. The molecule has 0 spiro atoms. The van der Waals surface area contributed by atoms with Gasteiger partial charge in [-0.3, -0.25) is 9.51 Å².